The summed E-state index contributed by atoms with van der Waals surface area (Å²) in [5, 5.41) is 7.42. The van der Waals surface area contributed by atoms with Crippen molar-refractivity contribution < 1.29 is 19.1 Å². The Morgan fingerprint density at radius 3 is 2.85 bits per heavy atom. The molecule has 0 spiro atoms. The largest absolute Gasteiger partial charge is 0.454 e. The Kier molecular flexibility index (Phi) is 4.26. The molecule has 0 saturated carbocycles. The molecule has 0 fully saturated rings. The van der Waals surface area contributed by atoms with Gasteiger partial charge in [0, 0.05) is 13.6 Å². The second-order valence-electron chi connectivity index (χ2n) is 5.91. The molecule has 2 aromatic heterocycles. The van der Waals surface area contributed by atoms with Gasteiger partial charge in [0.2, 0.25) is 12.7 Å². The molecule has 0 aliphatic carbocycles. The normalized spacial score (nSPS) is 12.3. The SMILES string of the molecule is Cn1c(C(=O)NCC(=O)NCc2ccc3c(c2)OCO3)cc2sccc21. The van der Waals surface area contributed by atoms with E-state index in [4.69, 9.17) is 9.47 Å². The molecule has 26 heavy (non-hydrogen) atoms. The number of benzene rings is 1. The van der Waals surface area contributed by atoms with Crippen LogP contribution in [0.15, 0.2) is 35.7 Å². The monoisotopic (exact) mass is 371 g/mol. The lowest BCUT2D eigenvalue weighted by Crippen LogP contribution is -2.37. The van der Waals surface area contributed by atoms with Crippen LogP contribution in [0.3, 0.4) is 0 Å². The summed E-state index contributed by atoms with van der Waals surface area (Å²) in [6.07, 6.45) is 0. The molecule has 3 aromatic rings. The number of fused-ring (bicyclic) bond motifs is 2. The fourth-order valence-electron chi connectivity index (χ4n) is 2.83. The highest BCUT2D eigenvalue weighted by atomic mass is 32.1. The average Bonchev–Trinajstić information content (AvgIpc) is 3.35. The van der Waals surface area contributed by atoms with Gasteiger partial charge >= 0.3 is 0 Å². The number of rotatable bonds is 5. The molecule has 7 nitrogen and oxygen atoms in total. The highest BCUT2D eigenvalue weighted by Gasteiger charge is 2.16. The molecule has 0 atom stereocenters. The summed E-state index contributed by atoms with van der Waals surface area (Å²) in [4.78, 5) is 24.3. The van der Waals surface area contributed by atoms with E-state index in [1.165, 1.54) is 0 Å². The number of thiophene rings is 1. The van der Waals surface area contributed by atoms with E-state index < -0.39 is 0 Å². The molecule has 2 amide bonds. The van der Waals surface area contributed by atoms with Gasteiger partial charge in [0.1, 0.15) is 5.69 Å². The first kappa shape index (κ1) is 16.5. The minimum Gasteiger partial charge on any atom is -0.454 e. The molecule has 1 aliphatic heterocycles. The fraction of sp³-hybridized carbons (Fsp3) is 0.222. The van der Waals surface area contributed by atoms with Crippen LogP contribution in [0.25, 0.3) is 10.2 Å². The van der Waals surface area contributed by atoms with E-state index >= 15 is 0 Å². The number of aromatic nitrogens is 1. The molecule has 4 rings (SSSR count). The molecule has 0 bridgehead atoms. The quantitative estimate of drug-likeness (QED) is 0.719. The second kappa shape index (κ2) is 6.72. The van der Waals surface area contributed by atoms with Gasteiger partial charge in [-0.25, -0.2) is 0 Å². The molecule has 3 heterocycles. The zero-order chi connectivity index (χ0) is 18.1. The van der Waals surface area contributed by atoms with Gasteiger partial charge in [-0.3, -0.25) is 9.59 Å². The number of carbonyl (C=O) groups is 2. The summed E-state index contributed by atoms with van der Waals surface area (Å²) in [6, 6.07) is 9.31. The van der Waals surface area contributed by atoms with Crippen molar-refractivity contribution in [2.75, 3.05) is 13.3 Å². The number of nitrogens with zero attached hydrogens (tertiary/aromatic N) is 1. The first-order valence-electron chi connectivity index (χ1n) is 8.08. The zero-order valence-corrected chi connectivity index (χ0v) is 14.9. The first-order valence-corrected chi connectivity index (χ1v) is 8.96. The molecular weight excluding hydrogens is 354 g/mol. The maximum atomic E-state index is 12.3. The van der Waals surface area contributed by atoms with Gasteiger partial charge in [-0.15, -0.1) is 11.3 Å². The molecule has 0 saturated heterocycles. The highest BCUT2D eigenvalue weighted by molar-refractivity contribution is 7.17. The van der Waals surface area contributed by atoms with Gasteiger partial charge in [-0.2, -0.15) is 0 Å². The van der Waals surface area contributed by atoms with Crippen LogP contribution >= 0.6 is 11.3 Å². The number of nitrogens with one attached hydrogen (secondary N) is 2. The number of aryl methyl sites for hydroxylation is 1. The topological polar surface area (TPSA) is 81.6 Å². The molecular formula is C18H17N3O4S. The number of ether oxygens (including phenoxy) is 2. The predicted molar refractivity (Wildman–Crippen MR) is 97.5 cm³/mol. The predicted octanol–water partition coefficient (Wildman–Crippen LogP) is 2.01. The highest BCUT2D eigenvalue weighted by Crippen LogP contribution is 2.32. The van der Waals surface area contributed by atoms with E-state index in [2.05, 4.69) is 10.6 Å². The molecule has 0 unspecified atom stereocenters. The van der Waals surface area contributed by atoms with E-state index in [0.29, 0.717) is 23.7 Å². The van der Waals surface area contributed by atoms with Gasteiger partial charge in [0.05, 0.1) is 16.8 Å². The third kappa shape index (κ3) is 3.11. The summed E-state index contributed by atoms with van der Waals surface area (Å²) in [6.45, 7) is 0.488. The van der Waals surface area contributed by atoms with Crippen molar-refractivity contribution in [3.8, 4) is 11.5 Å². The van der Waals surface area contributed by atoms with E-state index in [-0.39, 0.29) is 25.2 Å². The summed E-state index contributed by atoms with van der Waals surface area (Å²) in [5.74, 6) is 0.852. The van der Waals surface area contributed by atoms with Gasteiger partial charge in [-0.05, 0) is 35.2 Å². The standard InChI is InChI=1S/C18H17N3O4S/c1-21-12-4-5-26-16(12)7-13(21)18(23)20-9-17(22)19-8-11-2-3-14-15(6-11)25-10-24-14/h2-7H,8-10H2,1H3,(H,19,22)(H,20,23). The van der Waals surface area contributed by atoms with Gasteiger partial charge in [0.25, 0.3) is 5.91 Å². The summed E-state index contributed by atoms with van der Waals surface area (Å²) >= 11 is 1.58. The minimum absolute atomic E-state index is 0.0811. The molecule has 8 heteroatoms. The van der Waals surface area contributed by atoms with Crippen molar-refractivity contribution in [1.29, 1.82) is 0 Å². The van der Waals surface area contributed by atoms with Crippen LogP contribution in [0, 0.1) is 0 Å². The van der Waals surface area contributed by atoms with Crippen LogP contribution in [0.5, 0.6) is 11.5 Å². The summed E-state index contributed by atoms with van der Waals surface area (Å²) in [7, 11) is 1.84. The first-order chi connectivity index (χ1) is 12.6. The Hall–Kier alpha value is -3.00. The maximum Gasteiger partial charge on any atom is 0.268 e. The lowest BCUT2D eigenvalue weighted by Gasteiger charge is -2.08. The van der Waals surface area contributed by atoms with Crippen LogP contribution < -0.4 is 20.1 Å². The van der Waals surface area contributed by atoms with Crippen LogP contribution in [0.2, 0.25) is 0 Å². The third-order valence-electron chi connectivity index (χ3n) is 4.23. The summed E-state index contributed by atoms with van der Waals surface area (Å²) < 4.78 is 13.4. The van der Waals surface area contributed by atoms with Crippen molar-refractivity contribution >= 4 is 33.4 Å². The van der Waals surface area contributed by atoms with E-state index in [9.17, 15) is 9.59 Å². The lowest BCUT2D eigenvalue weighted by atomic mass is 10.2. The molecule has 2 N–H and O–H groups in total. The van der Waals surface area contributed by atoms with Gasteiger partial charge in [-0.1, -0.05) is 6.07 Å². The van der Waals surface area contributed by atoms with E-state index in [1.807, 2.05) is 47.3 Å². The van der Waals surface area contributed by atoms with Crippen LogP contribution in [-0.2, 0) is 18.4 Å². The fourth-order valence-corrected chi connectivity index (χ4v) is 3.68. The van der Waals surface area contributed by atoms with Crippen LogP contribution in [-0.4, -0.2) is 29.7 Å². The zero-order valence-electron chi connectivity index (χ0n) is 14.1. The van der Waals surface area contributed by atoms with Crippen molar-refractivity contribution in [3.63, 3.8) is 0 Å². The van der Waals surface area contributed by atoms with Crippen molar-refractivity contribution in [3.05, 3.63) is 47.0 Å². The smallest absolute Gasteiger partial charge is 0.268 e. The average molecular weight is 371 g/mol. The Morgan fingerprint density at radius 1 is 1.15 bits per heavy atom. The lowest BCUT2D eigenvalue weighted by molar-refractivity contribution is -0.120. The van der Waals surface area contributed by atoms with E-state index in [0.717, 1.165) is 15.8 Å². The minimum atomic E-state index is -0.269. The van der Waals surface area contributed by atoms with Gasteiger partial charge < -0.3 is 24.7 Å². The molecule has 1 aromatic carbocycles. The second-order valence-corrected chi connectivity index (χ2v) is 6.85. The van der Waals surface area contributed by atoms with Crippen LogP contribution in [0.4, 0.5) is 0 Å². The maximum absolute atomic E-state index is 12.3. The molecule has 1 aliphatic rings. The van der Waals surface area contributed by atoms with Crippen molar-refractivity contribution in [2.24, 2.45) is 7.05 Å². The number of carbonyl (C=O) groups excluding carboxylic acids is 2. The van der Waals surface area contributed by atoms with Crippen molar-refractivity contribution in [1.82, 2.24) is 15.2 Å². The number of hydrogen-bond donors (Lipinski definition) is 2. The Labute approximate surface area is 153 Å². The Bertz CT molecular complexity index is 992. The van der Waals surface area contributed by atoms with Crippen molar-refractivity contribution in [2.45, 2.75) is 6.54 Å². The van der Waals surface area contributed by atoms with E-state index in [1.54, 1.807) is 11.3 Å². The van der Waals surface area contributed by atoms with Gasteiger partial charge in [0.15, 0.2) is 11.5 Å². The summed E-state index contributed by atoms with van der Waals surface area (Å²) in [5.41, 5.74) is 2.44. The molecule has 0 radical (unpaired) electrons. The number of hydrogen-bond acceptors (Lipinski definition) is 5. The Balaban J connectivity index is 1.30. The third-order valence-corrected chi connectivity index (χ3v) is 5.09. The van der Waals surface area contributed by atoms with Crippen LogP contribution in [0.1, 0.15) is 16.1 Å². The Morgan fingerprint density at radius 2 is 2.00 bits per heavy atom. The molecule has 134 valence electrons. The number of amides is 2.